The van der Waals surface area contributed by atoms with Gasteiger partial charge in [0.1, 0.15) is 11.6 Å². The number of hydrogen-bond acceptors (Lipinski definition) is 7. The van der Waals surface area contributed by atoms with Gasteiger partial charge in [-0.05, 0) is 56.9 Å². The van der Waals surface area contributed by atoms with Crippen molar-refractivity contribution in [2.45, 2.75) is 58.4 Å². The number of hydroxylamine groups is 2. The van der Waals surface area contributed by atoms with Crippen LogP contribution in [0.5, 0.6) is 11.5 Å². The molecule has 1 N–H and O–H groups in total. The smallest absolute Gasteiger partial charge is 0.245 e. The monoisotopic (exact) mass is 572 g/mol. The Morgan fingerprint density at radius 3 is 2.51 bits per heavy atom. The number of methoxy groups -OCH3 is 2. The minimum Gasteiger partial charge on any atom is -0.493 e. The first-order chi connectivity index (χ1) is 17.8. The predicted molar refractivity (Wildman–Crippen MR) is 150 cm³/mol. The van der Waals surface area contributed by atoms with Crippen LogP contribution < -0.4 is 14.8 Å². The van der Waals surface area contributed by atoms with Crippen molar-refractivity contribution in [2.24, 2.45) is 0 Å². The molecule has 3 rings (SSSR count). The van der Waals surface area contributed by atoms with E-state index >= 15 is 0 Å². The zero-order valence-corrected chi connectivity index (χ0v) is 24.1. The molecule has 3 aromatic rings. The maximum Gasteiger partial charge on any atom is 0.245 e. The maximum atomic E-state index is 11.9. The number of carbonyl (C=O) groups excluding carboxylic acids is 1. The molecule has 1 amide bonds. The normalized spacial score (nSPS) is 11.9. The van der Waals surface area contributed by atoms with Gasteiger partial charge in [0.2, 0.25) is 5.91 Å². The van der Waals surface area contributed by atoms with Crippen molar-refractivity contribution in [1.82, 2.24) is 15.0 Å². The minimum absolute atomic E-state index is 0.00717. The second-order valence-corrected chi connectivity index (χ2v) is 9.93. The summed E-state index contributed by atoms with van der Waals surface area (Å²) >= 11 is 3.56. The molecule has 0 aliphatic heterocycles. The van der Waals surface area contributed by atoms with Crippen LogP contribution in [0.4, 0.5) is 5.82 Å². The zero-order chi connectivity index (χ0) is 26.9. The standard InChI is InChI=1S/C28H37BrN4O4/c1-18(20-12-11-13-21(29)16-20)30-28-23-17-24(35-4)27(36-5)22(26(23)31-19(2)32-28)14-9-7-8-10-15-25(34)33(3)37-6/h11-13,16-18H,7-10,14-15H2,1-6H3,(H,30,31,32). The largest absolute Gasteiger partial charge is 0.493 e. The molecule has 0 radical (unpaired) electrons. The van der Waals surface area contributed by atoms with E-state index in [0.29, 0.717) is 23.7 Å². The molecule has 2 aromatic carbocycles. The Balaban J connectivity index is 1.84. The number of aromatic nitrogens is 2. The topological polar surface area (TPSA) is 85.8 Å². The SMILES string of the molecule is COc1cc2c(NC(C)c3cccc(Br)c3)nc(C)nc2c(CCCCCCC(=O)N(C)OC)c1OC. The molecule has 0 spiro atoms. The fourth-order valence-corrected chi connectivity index (χ4v) is 4.79. The average Bonchev–Trinajstić information content (AvgIpc) is 2.89. The summed E-state index contributed by atoms with van der Waals surface area (Å²) in [6.45, 7) is 4.02. The molecule has 0 bridgehead atoms. The second-order valence-electron chi connectivity index (χ2n) is 9.02. The molecular weight excluding hydrogens is 536 g/mol. The van der Waals surface area contributed by atoms with Gasteiger partial charge in [0.15, 0.2) is 11.5 Å². The Hall–Kier alpha value is -2.91. The van der Waals surface area contributed by atoms with E-state index in [1.807, 2.05) is 25.1 Å². The van der Waals surface area contributed by atoms with E-state index in [0.717, 1.165) is 64.4 Å². The highest BCUT2D eigenvalue weighted by Gasteiger charge is 2.20. The quantitative estimate of drug-likeness (QED) is 0.187. The van der Waals surface area contributed by atoms with E-state index in [2.05, 4.69) is 40.3 Å². The molecule has 1 heterocycles. The van der Waals surface area contributed by atoms with Crippen molar-refractivity contribution in [3.63, 3.8) is 0 Å². The molecular formula is C28H37BrN4O4. The number of nitrogens with zero attached hydrogens (tertiary/aromatic N) is 3. The Kier molecular flexibility index (Phi) is 10.5. The van der Waals surface area contributed by atoms with Crippen LogP contribution in [0.3, 0.4) is 0 Å². The molecule has 0 aliphatic carbocycles. The maximum absolute atomic E-state index is 11.9. The Morgan fingerprint density at radius 1 is 1.08 bits per heavy atom. The van der Waals surface area contributed by atoms with Gasteiger partial charge in [0, 0.05) is 28.9 Å². The third-order valence-corrected chi connectivity index (χ3v) is 6.93. The lowest BCUT2D eigenvalue weighted by molar-refractivity contribution is -0.168. The first kappa shape index (κ1) is 28.7. The molecule has 0 aliphatic rings. The molecule has 9 heteroatoms. The van der Waals surface area contributed by atoms with Gasteiger partial charge in [-0.15, -0.1) is 0 Å². The zero-order valence-electron chi connectivity index (χ0n) is 22.6. The summed E-state index contributed by atoms with van der Waals surface area (Å²) in [4.78, 5) is 26.4. The summed E-state index contributed by atoms with van der Waals surface area (Å²) in [6.07, 6.45) is 4.96. The summed E-state index contributed by atoms with van der Waals surface area (Å²) in [6, 6.07) is 10.2. The number of fused-ring (bicyclic) bond motifs is 1. The lowest BCUT2D eigenvalue weighted by Crippen LogP contribution is -2.24. The van der Waals surface area contributed by atoms with Crippen LogP contribution in [-0.2, 0) is 16.1 Å². The number of rotatable bonds is 13. The summed E-state index contributed by atoms with van der Waals surface area (Å²) < 4.78 is 12.5. The number of unbranched alkanes of at least 4 members (excludes halogenated alkanes) is 3. The van der Waals surface area contributed by atoms with Crippen LogP contribution in [0.15, 0.2) is 34.8 Å². The molecule has 1 aromatic heterocycles. The molecule has 0 saturated carbocycles. The van der Waals surface area contributed by atoms with Crippen molar-refractivity contribution in [2.75, 3.05) is 33.7 Å². The van der Waals surface area contributed by atoms with Crippen LogP contribution >= 0.6 is 15.9 Å². The van der Waals surface area contributed by atoms with Gasteiger partial charge in [0.25, 0.3) is 0 Å². The van der Waals surface area contributed by atoms with Crippen LogP contribution in [0, 0.1) is 6.92 Å². The molecule has 37 heavy (non-hydrogen) atoms. The van der Waals surface area contributed by atoms with Crippen LogP contribution in [0.1, 0.15) is 62.0 Å². The van der Waals surface area contributed by atoms with Crippen molar-refractivity contribution >= 4 is 38.6 Å². The molecule has 1 unspecified atom stereocenters. The first-order valence-electron chi connectivity index (χ1n) is 12.5. The lowest BCUT2D eigenvalue weighted by atomic mass is 10.00. The minimum atomic E-state index is -0.00717. The van der Waals surface area contributed by atoms with Gasteiger partial charge < -0.3 is 14.8 Å². The average molecular weight is 574 g/mol. The van der Waals surface area contributed by atoms with Crippen molar-refractivity contribution in [3.05, 3.63) is 51.8 Å². The summed E-state index contributed by atoms with van der Waals surface area (Å²) in [5.74, 6) is 2.80. The summed E-state index contributed by atoms with van der Waals surface area (Å²) in [5.41, 5.74) is 3.02. The number of nitrogens with one attached hydrogen (secondary N) is 1. The second kappa shape index (κ2) is 13.6. The third kappa shape index (κ3) is 7.32. The van der Waals surface area contributed by atoms with Gasteiger partial charge >= 0.3 is 0 Å². The van der Waals surface area contributed by atoms with Crippen molar-refractivity contribution < 1.29 is 19.1 Å². The van der Waals surface area contributed by atoms with E-state index in [1.165, 1.54) is 12.2 Å². The Labute approximate surface area is 227 Å². The Bertz CT molecular complexity index is 1220. The molecule has 200 valence electrons. The van der Waals surface area contributed by atoms with Gasteiger partial charge in [-0.3, -0.25) is 9.63 Å². The van der Waals surface area contributed by atoms with E-state index < -0.39 is 0 Å². The number of anilines is 1. The van der Waals surface area contributed by atoms with Crippen molar-refractivity contribution in [1.29, 1.82) is 0 Å². The van der Waals surface area contributed by atoms with E-state index in [-0.39, 0.29) is 11.9 Å². The molecule has 0 saturated heterocycles. The van der Waals surface area contributed by atoms with Crippen molar-refractivity contribution in [3.8, 4) is 11.5 Å². The first-order valence-corrected chi connectivity index (χ1v) is 13.3. The number of benzene rings is 2. The van der Waals surface area contributed by atoms with Gasteiger partial charge in [-0.2, -0.15) is 0 Å². The summed E-state index contributed by atoms with van der Waals surface area (Å²) in [7, 11) is 6.44. The van der Waals surface area contributed by atoms with Crippen LogP contribution in [0.2, 0.25) is 0 Å². The van der Waals surface area contributed by atoms with E-state index in [1.54, 1.807) is 21.3 Å². The van der Waals surface area contributed by atoms with Gasteiger partial charge in [0.05, 0.1) is 32.9 Å². The lowest BCUT2D eigenvalue weighted by Gasteiger charge is -2.20. The number of amides is 1. The van der Waals surface area contributed by atoms with Crippen LogP contribution in [-0.4, -0.2) is 49.3 Å². The predicted octanol–water partition coefficient (Wildman–Crippen LogP) is 6.40. The molecule has 1 atom stereocenters. The van der Waals surface area contributed by atoms with Gasteiger partial charge in [-0.25, -0.2) is 15.0 Å². The highest BCUT2D eigenvalue weighted by atomic mass is 79.9. The number of ether oxygens (including phenoxy) is 2. The van der Waals surface area contributed by atoms with Gasteiger partial charge in [-0.1, -0.05) is 40.9 Å². The van der Waals surface area contributed by atoms with E-state index in [4.69, 9.17) is 24.3 Å². The Morgan fingerprint density at radius 2 is 1.84 bits per heavy atom. The number of carbonyl (C=O) groups is 1. The number of aryl methyl sites for hydroxylation is 2. The highest BCUT2D eigenvalue weighted by molar-refractivity contribution is 9.10. The highest BCUT2D eigenvalue weighted by Crippen LogP contribution is 2.40. The third-order valence-electron chi connectivity index (χ3n) is 6.44. The molecule has 0 fully saturated rings. The number of hydrogen-bond donors (Lipinski definition) is 1. The van der Waals surface area contributed by atoms with Crippen LogP contribution in [0.25, 0.3) is 10.9 Å². The fourth-order valence-electron chi connectivity index (χ4n) is 4.37. The molecule has 8 nitrogen and oxygen atoms in total. The van der Waals surface area contributed by atoms with E-state index in [9.17, 15) is 4.79 Å². The number of halogens is 1. The summed E-state index contributed by atoms with van der Waals surface area (Å²) in [5, 5.41) is 5.75. The fraction of sp³-hybridized carbons (Fsp3) is 0.464.